The summed E-state index contributed by atoms with van der Waals surface area (Å²) in [5.41, 5.74) is 2.42. The van der Waals surface area contributed by atoms with E-state index in [0.29, 0.717) is 5.92 Å². The first-order chi connectivity index (χ1) is 16.4. The predicted molar refractivity (Wildman–Crippen MR) is 145 cm³/mol. The normalized spacial score (nSPS) is 16.0. The molecule has 4 unspecified atom stereocenters. The third-order valence-electron chi connectivity index (χ3n) is 7.14. The maximum atomic E-state index is 12.5. The molecule has 3 nitrogen and oxygen atoms in total. The second-order valence-corrected chi connectivity index (χ2v) is 11.9. The van der Waals surface area contributed by atoms with Gasteiger partial charge in [0.25, 0.3) is 0 Å². The van der Waals surface area contributed by atoms with Gasteiger partial charge in [0.05, 0.1) is 6.10 Å². The highest BCUT2D eigenvalue weighted by atomic mass is 32.2. The molecule has 34 heavy (non-hydrogen) atoms. The topological polar surface area (TPSA) is 57.5 Å². The van der Waals surface area contributed by atoms with E-state index in [1.807, 2.05) is 36.4 Å². The molecule has 2 N–H and O–H groups in total. The molecule has 2 rings (SSSR count). The second kappa shape index (κ2) is 16.2. The van der Waals surface area contributed by atoms with Gasteiger partial charge in [-0.15, -0.1) is 0 Å². The number of aliphatic hydroxyl groups is 2. The molecule has 4 heteroatoms. The lowest BCUT2D eigenvalue weighted by Gasteiger charge is -2.30. The van der Waals surface area contributed by atoms with Crippen LogP contribution in [0.15, 0.2) is 60.7 Å². The molecule has 0 aliphatic heterocycles. The first kappa shape index (κ1) is 28.7. The molecule has 0 heterocycles. The van der Waals surface area contributed by atoms with Crippen LogP contribution in [-0.4, -0.2) is 32.5 Å². The summed E-state index contributed by atoms with van der Waals surface area (Å²) in [5, 5.41) is 19.6. The SMILES string of the molecule is CC(CCCCS(=O)CCCCC(C)(CCCO)c1ccccc1)CCC(O)c1ccccc1. The number of hydrogen-bond donors (Lipinski definition) is 2. The maximum Gasteiger partial charge on any atom is 0.0790 e. The Hall–Kier alpha value is -1.49. The lowest BCUT2D eigenvalue weighted by Crippen LogP contribution is -2.22. The van der Waals surface area contributed by atoms with Crippen molar-refractivity contribution in [2.75, 3.05) is 18.1 Å². The molecule has 0 bridgehead atoms. The standard InChI is InChI=1S/C30H46O3S/c1-26(19-20-29(32)27-15-5-3-6-16-27)14-9-11-24-34(33)25-12-10-21-30(2,22-13-23-31)28-17-7-4-8-18-28/h3-8,15-18,26,29,31-32H,9-14,19-25H2,1-2H3. The summed E-state index contributed by atoms with van der Waals surface area (Å²) >= 11 is 0. The van der Waals surface area contributed by atoms with E-state index in [1.165, 1.54) is 5.56 Å². The van der Waals surface area contributed by atoms with Gasteiger partial charge in [0.1, 0.15) is 0 Å². The summed E-state index contributed by atoms with van der Waals surface area (Å²) in [6, 6.07) is 20.5. The Labute approximate surface area is 210 Å². The van der Waals surface area contributed by atoms with E-state index in [9.17, 15) is 14.4 Å². The molecule has 0 saturated heterocycles. The number of benzene rings is 2. The summed E-state index contributed by atoms with van der Waals surface area (Å²) in [6.45, 7) is 4.79. The summed E-state index contributed by atoms with van der Waals surface area (Å²) < 4.78 is 12.5. The maximum absolute atomic E-state index is 12.5. The quantitative estimate of drug-likeness (QED) is 0.224. The molecule has 0 aromatic heterocycles. The molecule has 0 fully saturated rings. The minimum Gasteiger partial charge on any atom is -0.396 e. The monoisotopic (exact) mass is 486 g/mol. The van der Waals surface area contributed by atoms with Crippen LogP contribution in [0, 0.1) is 5.92 Å². The zero-order valence-corrected chi connectivity index (χ0v) is 22.1. The molecule has 0 aliphatic rings. The number of hydrogen-bond acceptors (Lipinski definition) is 3. The first-order valence-electron chi connectivity index (χ1n) is 13.2. The van der Waals surface area contributed by atoms with Crippen LogP contribution in [-0.2, 0) is 16.2 Å². The van der Waals surface area contributed by atoms with E-state index in [1.54, 1.807) is 0 Å². The fourth-order valence-corrected chi connectivity index (χ4v) is 6.04. The Kier molecular flexibility index (Phi) is 13.7. The van der Waals surface area contributed by atoms with Crippen molar-refractivity contribution in [3.8, 4) is 0 Å². The van der Waals surface area contributed by atoms with Crippen LogP contribution in [0.2, 0.25) is 0 Å². The minimum absolute atomic E-state index is 0.0791. The minimum atomic E-state index is -0.729. The molecule has 190 valence electrons. The van der Waals surface area contributed by atoms with Crippen LogP contribution in [0.4, 0.5) is 0 Å². The van der Waals surface area contributed by atoms with E-state index in [-0.39, 0.29) is 18.1 Å². The smallest absolute Gasteiger partial charge is 0.0790 e. The van der Waals surface area contributed by atoms with Crippen LogP contribution >= 0.6 is 0 Å². The van der Waals surface area contributed by atoms with Gasteiger partial charge in [-0.1, -0.05) is 93.8 Å². The Balaban J connectivity index is 1.57. The molecular weight excluding hydrogens is 440 g/mol. The summed E-state index contributed by atoms with van der Waals surface area (Å²) in [4.78, 5) is 0. The zero-order valence-electron chi connectivity index (χ0n) is 21.3. The molecule has 0 saturated carbocycles. The molecule has 2 aromatic carbocycles. The Morgan fingerprint density at radius 1 is 0.794 bits per heavy atom. The highest BCUT2D eigenvalue weighted by Crippen LogP contribution is 2.34. The lowest BCUT2D eigenvalue weighted by atomic mass is 9.75. The van der Waals surface area contributed by atoms with E-state index < -0.39 is 10.8 Å². The van der Waals surface area contributed by atoms with E-state index in [2.05, 4.69) is 38.1 Å². The third kappa shape index (κ3) is 10.8. The van der Waals surface area contributed by atoms with E-state index >= 15 is 0 Å². The van der Waals surface area contributed by atoms with Crippen molar-refractivity contribution in [1.29, 1.82) is 0 Å². The van der Waals surface area contributed by atoms with Gasteiger partial charge < -0.3 is 10.2 Å². The molecule has 4 atom stereocenters. The van der Waals surface area contributed by atoms with Crippen molar-refractivity contribution < 1.29 is 14.4 Å². The second-order valence-electron chi connectivity index (χ2n) is 10.2. The van der Waals surface area contributed by atoms with Gasteiger partial charge in [-0.2, -0.15) is 0 Å². The fourth-order valence-electron chi connectivity index (χ4n) is 4.79. The van der Waals surface area contributed by atoms with Crippen molar-refractivity contribution in [2.24, 2.45) is 5.92 Å². The molecule has 2 aromatic rings. The predicted octanol–water partition coefficient (Wildman–Crippen LogP) is 6.96. The lowest BCUT2D eigenvalue weighted by molar-refractivity contribution is 0.157. The highest BCUT2D eigenvalue weighted by molar-refractivity contribution is 7.84. The average molecular weight is 487 g/mol. The van der Waals surface area contributed by atoms with Crippen LogP contribution in [0.3, 0.4) is 0 Å². The molecule has 0 radical (unpaired) electrons. The fraction of sp³-hybridized carbons (Fsp3) is 0.600. The van der Waals surface area contributed by atoms with Crippen LogP contribution in [0.5, 0.6) is 0 Å². The largest absolute Gasteiger partial charge is 0.396 e. The van der Waals surface area contributed by atoms with Gasteiger partial charge in [0.2, 0.25) is 0 Å². The zero-order chi connectivity index (χ0) is 24.7. The van der Waals surface area contributed by atoms with Crippen molar-refractivity contribution in [2.45, 2.75) is 89.6 Å². The third-order valence-corrected chi connectivity index (χ3v) is 8.63. The summed E-state index contributed by atoms with van der Waals surface area (Å²) in [7, 11) is -0.729. The molecule has 0 aliphatic carbocycles. The van der Waals surface area contributed by atoms with Gasteiger partial charge >= 0.3 is 0 Å². The summed E-state index contributed by atoms with van der Waals surface area (Å²) in [6.07, 6.45) is 9.68. The molecular formula is C30H46O3S. The van der Waals surface area contributed by atoms with Gasteiger partial charge in [0.15, 0.2) is 0 Å². The van der Waals surface area contributed by atoms with Crippen LogP contribution in [0.1, 0.15) is 95.3 Å². The van der Waals surface area contributed by atoms with Crippen molar-refractivity contribution in [1.82, 2.24) is 0 Å². The van der Waals surface area contributed by atoms with Crippen LogP contribution < -0.4 is 0 Å². The number of aliphatic hydroxyl groups excluding tert-OH is 2. The summed E-state index contributed by atoms with van der Waals surface area (Å²) in [5.74, 6) is 2.19. The van der Waals surface area contributed by atoms with E-state index in [0.717, 1.165) is 81.3 Å². The van der Waals surface area contributed by atoms with Crippen molar-refractivity contribution in [3.05, 3.63) is 71.8 Å². The number of rotatable bonds is 18. The van der Waals surface area contributed by atoms with Crippen LogP contribution in [0.25, 0.3) is 0 Å². The van der Waals surface area contributed by atoms with Crippen molar-refractivity contribution >= 4 is 10.8 Å². The van der Waals surface area contributed by atoms with Crippen molar-refractivity contribution in [3.63, 3.8) is 0 Å². The van der Waals surface area contributed by atoms with Gasteiger partial charge in [-0.05, 0) is 67.4 Å². The number of unbranched alkanes of at least 4 members (excludes halogenated alkanes) is 2. The highest BCUT2D eigenvalue weighted by Gasteiger charge is 2.25. The first-order valence-corrected chi connectivity index (χ1v) is 14.7. The van der Waals surface area contributed by atoms with Gasteiger partial charge in [-0.3, -0.25) is 4.21 Å². The van der Waals surface area contributed by atoms with Gasteiger partial charge in [-0.25, -0.2) is 0 Å². The average Bonchev–Trinajstić information content (AvgIpc) is 2.87. The van der Waals surface area contributed by atoms with Gasteiger partial charge in [0, 0.05) is 28.9 Å². The molecule has 0 spiro atoms. The Morgan fingerprint density at radius 2 is 1.38 bits per heavy atom. The Morgan fingerprint density at radius 3 is 2.03 bits per heavy atom. The Bertz CT molecular complexity index is 795. The molecule has 0 amide bonds. The van der Waals surface area contributed by atoms with E-state index in [4.69, 9.17) is 0 Å².